The first-order valence-electron chi connectivity index (χ1n) is 15.1. The number of hydrogen-bond donors (Lipinski definition) is 2. The summed E-state index contributed by atoms with van der Waals surface area (Å²) in [4.78, 5) is 24.3. The molecule has 0 saturated heterocycles. The van der Waals surface area contributed by atoms with Crippen molar-refractivity contribution in [2.24, 2.45) is 10.8 Å². The molecule has 8 nitrogen and oxygen atoms in total. The van der Waals surface area contributed by atoms with Crippen LogP contribution in [0.2, 0.25) is 0 Å². The fourth-order valence-corrected chi connectivity index (χ4v) is 4.94. The Morgan fingerprint density at radius 1 is 0.667 bits per heavy atom. The van der Waals surface area contributed by atoms with Crippen molar-refractivity contribution >= 4 is 11.9 Å². The zero-order chi connectivity index (χ0) is 31.6. The van der Waals surface area contributed by atoms with Crippen LogP contribution in [0.15, 0.2) is 46.6 Å². The highest BCUT2D eigenvalue weighted by Crippen LogP contribution is 2.39. The Balaban J connectivity index is 1.51. The summed E-state index contributed by atoms with van der Waals surface area (Å²) >= 11 is 0. The first-order chi connectivity index (χ1) is 19.4. The van der Waals surface area contributed by atoms with Gasteiger partial charge < -0.3 is 29.2 Å². The van der Waals surface area contributed by atoms with Crippen molar-refractivity contribution in [1.82, 2.24) is 0 Å². The summed E-state index contributed by atoms with van der Waals surface area (Å²) in [6.07, 6.45) is 10.6. The number of rotatable bonds is 15. The molecule has 2 aliphatic rings. The molecule has 2 aliphatic carbocycles. The lowest BCUT2D eigenvalue weighted by Gasteiger charge is -2.33. The van der Waals surface area contributed by atoms with Crippen LogP contribution >= 0.6 is 0 Å². The molecule has 2 rings (SSSR count). The van der Waals surface area contributed by atoms with Crippen molar-refractivity contribution in [1.29, 1.82) is 0 Å². The maximum Gasteiger partial charge on any atom is 0.306 e. The van der Waals surface area contributed by atoms with E-state index in [1.807, 2.05) is 12.2 Å². The molecule has 0 amide bonds. The van der Waals surface area contributed by atoms with Crippen molar-refractivity contribution in [3.63, 3.8) is 0 Å². The van der Waals surface area contributed by atoms with Crippen LogP contribution < -0.4 is 0 Å². The van der Waals surface area contributed by atoms with Crippen LogP contribution in [0.1, 0.15) is 93.9 Å². The standard InChI is InChI=1S/C34H54O8/c1-31(2,3)27-19-25(21-33(7,37)23-27)9-11-29(35)41-17-15-39-13-14-40-16-18-42-30(36)12-10-26-20-28(32(4,5)6)24-34(8,38)22-26/h19-22,37-38H,9-18,23-24H2,1-8H3. The second-order valence-corrected chi connectivity index (χ2v) is 14.0. The molecule has 238 valence electrons. The summed E-state index contributed by atoms with van der Waals surface area (Å²) in [7, 11) is 0. The maximum absolute atomic E-state index is 12.1. The molecule has 8 heteroatoms. The first-order valence-corrected chi connectivity index (χ1v) is 15.1. The normalized spacial score (nSPS) is 23.0. The van der Waals surface area contributed by atoms with Crippen molar-refractivity contribution < 1.29 is 38.7 Å². The van der Waals surface area contributed by atoms with E-state index in [0.29, 0.717) is 38.9 Å². The molecule has 2 unspecified atom stereocenters. The average Bonchev–Trinajstić information content (AvgIpc) is 2.84. The van der Waals surface area contributed by atoms with Crippen molar-refractivity contribution in [2.45, 2.75) is 105 Å². The molecule has 0 heterocycles. The van der Waals surface area contributed by atoms with Gasteiger partial charge in [-0.2, -0.15) is 0 Å². The number of carbonyl (C=O) groups excluding carboxylic acids is 2. The monoisotopic (exact) mass is 590 g/mol. The number of hydrogen-bond acceptors (Lipinski definition) is 8. The lowest BCUT2D eigenvalue weighted by Crippen LogP contribution is -2.29. The summed E-state index contributed by atoms with van der Waals surface area (Å²) in [6.45, 7) is 17.9. The number of ether oxygens (including phenoxy) is 4. The van der Waals surface area contributed by atoms with Crippen LogP contribution in [0, 0.1) is 10.8 Å². The highest BCUT2D eigenvalue weighted by molar-refractivity contribution is 5.70. The molecular weight excluding hydrogens is 536 g/mol. The minimum atomic E-state index is -0.903. The third kappa shape index (κ3) is 13.8. The van der Waals surface area contributed by atoms with Gasteiger partial charge in [0.25, 0.3) is 0 Å². The zero-order valence-electron chi connectivity index (χ0n) is 27.1. The minimum Gasteiger partial charge on any atom is -0.463 e. The van der Waals surface area contributed by atoms with E-state index in [1.165, 1.54) is 11.1 Å². The Kier molecular flexibility index (Phi) is 13.2. The Bertz CT molecular complexity index is 960. The second-order valence-electron chi connectivity index (χ2n) is 14.0. The zero-order valence-corrected chi connectivity index (χ0v) is 27.1. The number of allylic oxidation sites excluding steroid dienone is 4. The summed E-state index contributed by atoms with van der Waals surface area (Å²) in [5.74, 6) is -0.603. The molecule has 0 aromatic carbocycles. The smallest absolute Gasteiger partial charge is 0.306 e. The predicted molar refractivity (Wildman–Crippen MR) is 164 cm³/mol. The molecule has 0 saturated carbocycles. The topological polar surface area (TPSA) is 112 Å². The maximum atomic E-state index is 12.1. The van der Waals surface area contributed by atoms with Crippen LogP contribution in [-0.4, -0.2) is 73.0 Å². The molecule has 0 fully saturated rings. The van der Waals surface area contributed by atoms with Gasteiger partial charge in [-0.3, -0.25) is 9.59 Å². The van der Waals surface area contributed by atoms with E-state index in [2.05, 4.69) is 53.7 Å². The molecule has 0 aromatic rings. The Morgan fingerprint density at radius 2 is 1.00 bits per heavy atom. The lowest BCUT2D eigenvalue weighted by molar-refractivity contribution is -0.146. The highest BCUT2D eigenvalue weighted by Gasteiger charge is 2.31. The van der Waals surface area contributed by atoms with Gasteiger partial charge in [0.05, 0.1) is 37.6 Å². The van der Waals surface area contributed by atoms with Gasteiger partial charge in [-0.1, -0.05) is 64.8 Å². The van der Waals surface area contributed by atoms with Gasteiger partial charge in [0, 0.05) is 25.7 Å². The SMILES string of the molecule is CC1(O)C=C(CCC(=O)OCCOCCOCCOC(=O)CCC2=CC(C)(O)CC(C(C)(C)C)=C2)C=C(C(C)(C)C)C1. The summed E-state index contributed by atoms with van der Waals surface area (Å²) < 4.78 is 21.4. The molecule has 2 atom stereocenters. The van der Waals surface area contributed by atoms with Crippen molar-refractivity contribution in [2.75, 3.05) is 39.6 Å². The summed E-state index contributed by atoms with van der Waals surface area (Å²) in [6, 6.07) is 0. The summed E-state index contributed by atoms with van der Waals surface area (Å²) in [5.41, 5.74) is 2.36. The third-order valence-corrected chi connectivity index (χ3v) is 7.32. The van der Waals surface area contributed by atoms with E-state index in [4.69, 9.17) is 18.9 Å². The molecule has 0 bridgehead atoms. The van der Waals surface area contributed by atoms with E-state index in [9.17, 15) is 19.8 Å². The quantitative estimate of drug-likeness (QED) is 0.183. The van der Waals surface area contributed by atoms with E-state index in [0.717, 1.165) is 11.1 Å². The van der Waals surface area contributed by atoms with E-state index < -0.39 is 11.2 Å². The van der Waals surface area contributed by atoms with Gasteiger partial charge in [0.2, 0.25) is 0 Å². The number of carbonyl (C=O) groups is 2. The first kappa shape index (κ1) is 35.9. The van der Waals surface area contributed by atoms with Gasteiger partial charge in [0.15, 0.2) is 0 Å². The van der Waals surface area contributed by atoms with Crippen LogP contribution in [-0.2, 0) is 28.5 Å². The van der Waals surface area contributed by atoms with E-state index in [-0.39, 0.29) is 62.0 Å². The van der Waals surface area contributed by atoms with Gasteiger partial charge in [-0.25, -0.2) is 0 Å². The van der Waals surface area contributed by atoms with E-state index in [1.54, 1.807) is 13.8 Å². The average molecular weight is 591 g/mol. The number of esters is 2. The van der Waals surface area contributed by atoms with Gasteiger partial charge >= 0.3 is 11.9 Å². The molecular formula is C34H54O8. The van der Waals surface area contributed by atoms with Crippen molar-refractivity contribution in [3.05, 3.63) is 46.6 Å². The van der Waals surface area contributed by atoms with Crippen LogP contribution in [0.3, 0.4) is 0 Å². The Hall–Kier alpha value is -2.26. The van der Waals surface area contributed by atoms with Crippen molar-refractivity contribution in [3.8, 4) is 0 Å². The Morgan fingerprint density at radius 3 is 1.33 bits per heavy atom. The second kappa shape index (κ2) is 15.5. The van der Waals surface area contributed by atoms with Crippen LogP contribution in [0.4, 0.5) is 0 Å². The third-order valence-electron chi connectivity index (χ3n) is 7.32. The molecule has 42 heavy (non-hydrogen) atoms. The van der Waals surface area contributed by atoms with Gasteiger partial charge in [-0.15, -0.1) is 0 Å². The number of aliphatic hydroxyl groups is 2. The molecule has 0 spiro atoms. The molecule has 0 aromatic heterocycles. The minimum absolute atomic E-state index is 0.0400. The fraction of sp³-hybridized carbons (Fsp3) is 0.706. The lowest BCUT2D eigenvalue weighted by atomic mass is 9.75. The molecule has 0 radical (unpaired) electrons. The fourth-order valence-electron chi connectivity index (χ4n) is 4.94. The highest BCUT2D eigenvalue weighted by atomic mass is 16.6. The summed E-state index contributed by atoms with van der Waals surface area (Å²) in [5, 5.41) is 21.2. The molecule has 2 N–H and O–H groups in total. The van der Waals surface area contributed by atoms with Crippen LogP contribution in [0.5, 0.6) is 0 Å². The Labute approximate surface area is 252 Å². The predicted octanol–water partition coefficient (Wildman–Crippen LogP) is 5.77. The van der Waals surface area contributed by atoms with Gasteiger partial charge in [-0.05, 0) is 60.8 Å². The molecule has 0 aliphatic heterocycles. The van der Waals surface area contributed by atoms with E-state index >= 15 is 0 Å². The largest absolute Gasteiger partial charge is 0.463 e. The van der Waals surface area contributed by atoms with Crippen LogP contribution in [0.25, 0.3) is 0 Å². The van der Waals surface area contributed by atoms with Gasteiger partial charge in [0.1, 0.15) is 13.2 Å².